The Labute approximate surface area is 2660 Å². The Morgan fingerprint density at radius 1 is 0.194 bits per heavy atom. The molecule has 0 aromatic heterocycles. The molecule has 929 valence electrons. The van der Waals surface area contributed by atoms with Crippen LogP contribution in [0.5, 0.6) is 0 Å². The Morgan fingerprint density at radius 3 is 0.326 bits per heavy atom. The number of nitriles is 6. The first-order valence-corrected chi connectivity index (χ1v) is 31.6. The van der Waals surface area contributed by atoms with Crippen LogP contribution in [0.4, 0.5) is 0 Å². The van der Waals surface area contributed by atoms with Crippen molar-refractivity contribution >= 4 is 101 Å². The van der Waals surface area contributed by atoms with Crippen LogP contribution in [0.25, 0.3) is 16.7 Å². The number of nitrogens with zero attached hydrogens (tertiary/aromatic N) is 6. The van der Waals surface area contributed by atoms with Crippen LogP contribution in [0.15, 0.2) is 124 Å². The summed E-state index contributed by atoms with van der Waals surface area (Å²) >= 11 is 8.81. The number of aldehydes is 3. The van der Waals surface area contributed by atoms with Gasteiger partial charge in [-0.25, -0.2) is 0 Å². The minimum Gasteiger partial charge on any atom is -0.358 e. The summed E-state index contributed by atoms with van der Waals surface area (Å²) in [5.74, 6) is 5.07. The number of carbonyl (C=O) groups excluding carboxylic acids is 6. The quantitative estimate of drug-likeness (QED) is 0.0670. The Bertz CT molecular complexity index is 2520. The van der Waals surface area contributed by atoms with Gasteiger partial charge in [0.05, 0.1) is 0 Å². The van der Waals surface area contributed by atoms with Crippen molar-refractivity contribution in [3.63, 3.8) is 0 Å². The van der Waals surface area contributed by atoms with Gasteiger partial charge in [-0.3, -0.25) is 14.4 Å². The second-order valence-electron chi connectivity index (χ2n) is 11.4. The van der Waals surface area contributed by atoms with E-state index in [0.717, 1.165) is 18.9 Å². The molecule has 0 saturated carbocycles. The number of alkyl halides is 3. The molecule has 3 aliphatic carbocycles. The van der Waals surface area contributed by atoms with Crippen molar-refractivity contribution < 1.29 is 2240 Å². The van der Waals surface area contributed by atoms with E-state index in [2.05, 4.69) is 47.8 Å². The molecule has 3 radical (unpaired) electrons. The third-order valence-corrected chi connectivity index (χ3v) is 8.15. The summed E-state index contributed by atoms with van der Waals surface area (Å²) < 4.78 is 0. The molecule has 12 nitrogen and oxygen atoms in total. The van der Waals surface area contributed by atoms with Crippen molar-refractivity contribution in [2.75, 3.05) is 17.5 Å². The maximum atomic E-state index is 12.1. The van der Waals surface area contributed by atoms with Crippen molar-refractivity contribution in [2.24, 2.45) is 0 Å². The van der Waals surface area contributed by atoms with E-state index in [0.29, 0.717) is 66.8 Å². The van der Waals surface area contributed by atoms with Crippen molar-refractivity contribution in [3.8, 4) is 36.4 Å². The summed E-state index contributed by atoms with van der Waals surface area (Å²) in [5, 5.41) is 53.7. The normalized spacial score (nSPS) is 6.17. The monoisotopic (exact) mass is 3860 g/mol. The predicted molar refractivity (Wildman–Crippen MR) is 378 cm³/mol. The van der Waals surface area contributed by atoms with Gasteiger partial charge >= 0.3 is 0 Å². The number of ketones is 3. The average molecular weight is 3870 g/mol. The number of allylic oxidation sites excluding steroid dienone is 12. The molecule has 0 amide bonds. The van der Waals surface area contributed by atoms with Crippen LogP contribution in [-0.4, -0.2) is 53.7 Å². The molecule has 0 atom stereocenters. The number of Topliss-reactive ketones (excluding diaryl/α,β-unsaturated/α-hetero) is 3. The van der Waals surface area contributed by atoms with Crippen LogP contribution in [0, 0.1) is 2200 Å². The van der Waals surface area contributed by atoms with Crippen molar-refractivity contribution in [3.05, 3.63) is 180 Å². The SMILES string of the molecule is C/C=C1\C(=O)c2ccccc2C1=C(C#N)C#N.C/C=C1\C(=O)c2ccccc2C1=C(C#N)C#N.C/C=C1\C(=O)c2ccccc2C1=C(C#N)C#N.CBr.CBr.CBr.CC.CC.CC.CC.CC.CC.CC.CC.CC=O.CC=O.CC=O.[Ar].[Ar].[Ar].[Ar].[Ar].[Ar].[Ar].[Ar].[Ar].[Ar].[Ar].[Ar].[Ar].[Ar].[Ar].[Ar].[Ar].[Ar].[Ar].[Ar].[Ar].[Ar].[Ar].[Ar].[Ar].[Ar].[Ar].[Ar].[Ar].[Ar].[Ar].[Ar].[Ar].[Ar].[Ar].[Ar].[Ar].[Ar].[Ar].[Ar].[Ar].[Ar].[Ar].[Ar].[Ar].[Ar].[Ar].[Ar].[Ar].[Ar].[Ar].[Ar].[Ar].[Ar].[Ar].[Ar].[CH3-].[CH3-].[CH3-].[Y].[Y].[Y]. The minimum absolute atomic E-state index is 0. The number of fused-ring (bicyclic) bond motifs is 3. The maximum Gasteiger partial charge on any atom is 0.194 e. The first-order valence-electron chi connectivity index (χ1n) is 26.9. The molecule has 0 saturated heterocycles. The molecule has 0 N–H and O–H groups in total. The molecule has 0 heterocycles. The van der Waals surface area contributed by atoms with E-state index in [-0.39, 0.29) is 2270 Å². The Kier molecular flexibility index (Phi) is 1480. The van der Waals surface area contributed by atoms with Crippen LogP contribution >= 0.6 is 47.8 Å². The van der Waals surface area contributed by atoms with Gasteiger partial charge in [-0.2, -0.15) is 31.6 Å². The molecular formula is C70H102Ar56Br3N6O6Y3-3. The largest absolute Gasteiger partial charge is 0.358 e. The number of carbonyl (C=O) groups is 6. The molecule has 6 rings (SSSR count). The molecular weight excluding hydrogens is 3760 g/mol. The van der Waals surface area contributed by atoms with Crippen LogP contribution in [0.2, 0.25) is 0 Å². The van der Waals surface area contributed by atoms with Crippen molar-refractivity contribution in [2.45, 2.75) is 152 Å². The predicted octanol–water partition coefficient (Wildman–Crippen LogP) is 21.1. The van der Waals surface area contributed by atoms with Crippen LogP contribution < -0.4 is 0 Å². The van der Waals surface area contributed by atoms with Crippen LogP contribution in [0.1, 0.15) is 200 Å². The topological polar surface area (TPSA) is 245 Å². The maximum absolute atomic E-state index is 12.1. The average Bonchev–Trinajstić information content (AvgIpc) is 1.64. The standard InChI is InChI=1S/3C14H8N2O.3C2H4O.8C2H6.3CH3Br.3CH3.56Ar.3Y/c3*1-2-10-13(9(7-15)8-16)11-5-3-4-6-12(11)14(10)17;3*1-2-3;11*1-2;;;;;;;;;;;;;;;;;;;;;;;;;;;;;;;;;;;;;;;;;;;;;;;;;;;;;;;;;;;;;;/h3*2-6H,1H3;3*2H,1H3;8*1-2H3;3*1H3;3*1H3;;;;;;;;;;;;;;;;;;;;;;;;;;;;;;;;;;;;;;;;;;;;;;;;;;;;;;;;;;;/q;;;;;;;;;;;;;;;;;3*-1;;;;;;;;;;;;;;;;;;;;;;;;;;;;;;;;;;;;;;;;;;;;;;;;;;;;;;;;;;;/b3*10-2-;;;;;;;;;;;;;;;;;;;;;;;;;;;;;;;;;;;;;;;;;;;;;;;;;;;;;;;;;;;;;;;;;;;;;;;;;;;;. The van der Waals surface area contributed by atoms with E-state index < -0.39 is 0 Å². The van der Waals surface area contributed by atoms with E-state index in [9.17, 15) is 14.4 Å². The summed E-state index contributed by atoms with van der Waals surface area (Å²) in [7, 11) is 0. The van der Waals surface area contributed by atoms with Gasteiger partial charge in [0.15, 0.2) is 17.3 Å². The van der Waals surface area contributed by atoms with Gasteiger partial charge in [0.1, 0.15) is 72.0 Å². The summed E-state index contributed by atoms with van der Waals surface area (Å²) in [6, 6.07) is 32.1. The molecule has 0 aliphatic heterocycles. The van der Waals surface area contributed by atoms with Gasteiger partial charge in [-0.15, -0.1) is 0 Å². The number of hydrogen-bond donors (Lipinski definition) is 0. The fourth-order valence-corrected chi connectivity index (χ4v) is 5.95. The fraction of sp³-hybridized carbons (Fsp3) is 0.357. The van der Waals surface area contributed by atoms with Gasteiger partial charge in [-0.1, -0.05) is 250 Å². The zero-order valence-electron chi connectivity index (χ0n) is 78.2. The number of halogens is 3. The van der Waals surface area contributed by atoms with Crippen LogP contribution in [0.3, 0.4) is 0 Å². The molecule has 3 aliphatic rings. The number of benzene rings is 3. The van der Waals surface area contributed by atoms with Gasteiger partial charge in [0.2, 0.25) is 0 Å². The summed E-state index contributed by atoms with van der Waals surface area (Å²) in [6.07, 6.45) is 7.19. The molecule has 0 fully saturated rings. The van der Waals surface area contributed by atoms with Gasteiger partial charge in [-0.05, 0) is 75.7 Å². The molecule has 74 heteroatoms. The van der Waals surface area contributed by atoms with Gasteiger partial charge in [0, 0.05) is 2260 Å². The summed E-state index contributed by atoms with van der Waals surface area (Å²) in [5.41, 5.74) is 6.29. The molecule has 0 bridgehead atoms. The first-order chi connectivity index (χ1) is 40.0. The van der Waals surface area contributed by atoms with E-state index in [1.807, 2.05) is 165 Å². The second-order valence-corrected chi connectivity index (χ2v) is 11.4. The number of hydrogen-bond acceptors (Lipinski definition) is 12. The third-order valence-electron chi connectivity index (χ3n) is 8.15. The second kappa shape index (κ2) is 436. The Hall–Kier alpha value is 66.4. The molecule has 0 spiro atoms. The van der Waals surface area contributed by atoms with E-state index in [4.69, 9.17) is 46.0 Å². The van der Waals surface area contributed by atoms with Crippen molar-refractivity contribution in [1.82, 2.24) is 0 Å². The number of rotatable bonds is 0. The molecule has 0 unspecified atom stereocenters. The summed E-state index contributed by atoms with van der Waals surface area (Å²) in [6.45, 7) is 41.5. The van der Waals surface area contributed by atoms with Gasteiger partial charge in [0.25, 0.3) is 0 Å². The van der Waals surface area contributed by atoms with E-state index in [1.54, 1.807) is 112 Å². The smallest absolute Gasteiger partial charge is 0.194 e. The first kappa shape index (κ1) is 489. The zero-order valence-corrected chi connectivity index (χ0v) is 131. The summed E-state index contributed by atoms with van der Waals surface area (Å²) in [4.78, 5) is 62.6. The molecule has 3 aromatic rings. The fourth-order valence-electron chi connectivity index (χ4n) is 5.95. The van der Waals surface area contributed by atoms with Gasteiger partial charge < -0.3 is 36.7 Å². The minimum atomic E-state index is -0.124. The van der Waals surface area contributed by atoms with Crippen molar-refractivity contribution in [1.29, 1.82) is 31.6 Å². The van der Waals surface area contributed by atoms with E-state index >= 15 is 0 Å². The third kappa shape index (κ3) is 285. The molecule has 3 aromatic carbocycles. The van der Waals surface area contributed by atoms with E-state index in [1.165, 1.54) is 20.8 Å². The van der Waals surface area contributed by atoms with Crippen LogP contribution in [-0.2, 0) is 113 Å². The Balaban J connectivity index is -0.00000000545. The zero-order chi connectivity index (χ0) is 67.4. The molecule has 144 heavy (non-hydrogen) atoms. The Morgan fingerprint density at radius 2 is 0.264 bits per heavy atom.